The van der Waals surface area contributed by atoms with Gasteiger partial charge in [0.05, 0.1) is 9.10 Å². The standard InChI is InChI=1S/C14H11IN2O/c15-14-12(5-6-13(14)18)17-10-3-4-11-9(8-10)2-1-7-16-11/h1-4,7-8,17H,5-6H2. The molecule has 1 aromatic carbocycles. The Labute approximate surface area is 118 Å². The summed E-state index contributed by atoms with van der Waals surface area (Å²) in [5.74, 6) is 0.237. The van der Waals surface area contributed by atoms with Crippen LogP contribution in [0.3, 0.4) is 0 Å². The highest BCUT2D eigenvalue weighted by Gasteiger charge is 2.20. The van der Waals surface area contributed by atoms with Crippen LogP contribution in [0, 0.1) is 0 Å². The van der Waals surface area contributed by atoms with Crippen molar-refractivity contribution in [2.24, 2.45) is 0 Å². The van der Waals surface area contributed by atoms with Crippen LogP contribution in [-0.4, -0.2) is 10.8 Å². The van der Waals surface area contributed by atoms with Gasteiger partial charge in [-0.3, -0.25) is 9.78 Å². The highest BCUT2D eigenvalue weighted by Crippen LogP contribution is 2.29. The fraction of sp³-hybridized carbons (Fsp3) is 0.143. The number of Topliss-reactive ketones (excluding diaryl/α,β-unsaturated/α-hetero) is 1. The summed E-state index contributed by atoms with van der Waals surface area (Å²) in [6.45, 7) is 0. The zero-order valence-corrected chi connectivity index (χ0v) is 11.8. The molecule has 0 amide bonds. The Bertz CT molecular complexity index is 664. The number of nitrogens with one attached hydrogen (secondary N) is 1. The fourth-order valence-corrected chi connectivity index (χ4v) is 2.75. The number of fused-ring (bicyclic) bond motifs is 1. The maximum absolute atomic E-state index is 11.5. The summed E-state index contributed by atoms with van der Waals surface area (Å²) in [5, 5.41) is 4.44. The zero-order valence-electron chi connectivity index (χ0n) is 9.61. The third-order valence-corrected chi connectivity index (χ3v) is 4.26. The third kappa shape index (κ3) is 2.12. The highest BCUT2D eigenvalue weighted by atomic mass is 127. The monoisotopic (exact) mass is 350 g/mol. The van der Waals surface area contributed by atoms with Gasteiger partial charge in [-0.25, -0.2) is 0 Å². The van der Waals surface area contributed by atoms with Gasteiger partial charge in [-0.05, 0) is 53.3 Å². The third-order valence-electron chi connectivity index (χ3n) is 3.01. The average Bonchev–Trinajstić information content (AvgIpc) is 2.71. The number of halogens is 1. The molecule has 0 saturated carbocycles. The first-order chi connectivity index (χ1) is 8.74. The Morgan fingerprint density at radius 2 is 2.11 bits per heavy atom. The minimum atomic E-state index is 0.237. The van der Waals surface area contributed by atoms with E-state index >= 15 is 0 Å². The lowest BCUT2D eigenvalue weighted by molar-refractivity contribution is -0.114. The number of nitrogens with zero attached hydrogens (tertiary/aromatic N) is 1. The molecule has 0 bridgehead atoms. The highest BCUT2D eigenvalue weighted by molar-refractivity contribution is 14.1. The molecular formula is C14H11IN2O. The minimum Gasteiger partial charge on any atom is -0.358 e. The lowest BCUT2D eigenvalue weighted by atomic mass is 10.2. The van der Waals surface area contributed by atoms with Gasteiger partial charge in [0.2, 0.25) is 0 Å². The molecule has 0 unspecified atom stereocenters. The molecule has 3 nitrogen and oxygen atoms in total. The normalized spacial score (nSPS) is 15.5. The van der Waals surface area contributed by atoms with E-state index < -0.39 is 0 Å². The van der Waals surface area contributed by atoms with Gasteiger partial charge in [0, 0.05) is 29.4 Å². The molecule has 0 atom stereocenters. The Morgan fingerprint density at radius 3 is 2.89 bits per heavy atom. The summed E-state index contributed by atoms with van der Waals surface area (Å²) >= 11 is 2.12. The van der Waals surface area contributed by atoms with Crippen LogP contribution in [0.1, 0.15) is 12.8 Å². The molecular weight excluding hydrogens is 339 g/mol. The molecule has 18 heavy (non-hydrogen) atoms. The van der Waals surface area contributed by atoms with Gasteiger partial charge in [-0.1, -0.05) is 6.07 Å². The summed E-state index contributed by atoms with van der Waals surface area (Å²) in [6.07, 6.45) is 3.22. The maximum atomic E-state index is 11.5. The Morgan fingerprint density at radius 1 is 1.22 bits per heavy atom. The summed E-state index contributed by atoms with van der Waals surface area (Å²) in [6, 6.07) is 10.00. The summed E-state index contributed by atoms with van der Waals surface area (Å²) in [4.78, 5) is 15.8. The van der Waals surface area contributed by atoms with Crippen LogP contribution >= 0.6 is 22.6 Å². The lowest BCUT2D eigenvalue weighted by Crippen LogP contribution is -1.98. The molecule has 1 aromatic heterocycles. The van der Waals surface area contributed by atoms with Crippen molar-refractivity contribution in [3.05, 3.63) is 45.8 Å². The zero-order chi connectivity index (χ0) is 12.5. The molecule has 0 spiro atoms. The number of ketones is 1. The molecule has 1 aliphatic carbocycles. The minimum absolute atomic E-state index is 0.237. The number of carbonyl (C=O) groups is 1. The van der Waals surface area contributed by atoms with Crippen molar-refractivity contribution in [3.63, 3.8) is 0 Å². The quantitative estimate of drug-likeness (QED) is 0.841. The van der Waals surface area contributed by atoms with E-state index in [2.05, 4.69) is 39.0 Å². The Hall–Kier alpha value is -1.43. The predicted molar refractivity (Wildman–Crippen MR) is 80.7 cm³/mol. The van der Waals surface area contributed by atoms with Gasteiger partial charge in [-0.2, -0.15) is 0 Å². The van der Waals surface area contributed by atoms with E-state index in [1.54, 1.807) is 6.20 Å². The molecule has 2 aromatic rings. The van der Waals surface area contributed by atoms with Crippen molar-refractivity contribution in [2.45, 2.75) is 12.8 Å². The second-order valence-corrected chi connectivity index (χ2v) is 5.33. The number of aromatic nitrogens is 1. The van der Waals surface area contributed by atoms with Crippen LogP contribution < -0.4 is 5.32 Å². The van der Waals surface area contributed by atoms with Gasteiger partial charge >= 0.3 is 0 Å². The van der Waals surface area contributed by atoms with E-state index in [4.69, 9.17) is 0 Å². The van der Waals surface area contributed by atoms with E-state index in [9.17, 15) is 4.79 Å². The van der Waals surface area contributed by atoms with Crippen LogP contribution in [0.15, 0.2) is 45.8 Å². The van der Waals surface area contributed by atoms with Crippen LogP contribution in [0.2, 0.25) is 0 Å². The molecule has 0 saturated heterocycles. The first-order valence-corrected chi connectivity index (χ1v) is 6.85. The molecule has 0 fully saturated rings. The second-order valence-electron chi connectivity index (χ2n) is 4.25. The van der Waals surface area contributed by atoms with Crippen LogP contribution in [0.25, 0.3) is 10.9 Å². The number of benzene rings is 1. The molecule has 0 aliphatic heterocycles. The SMILES string of the molecule is O=C1CCC(Nc2ccc3ncccc3c2)=C1I. The van der Waals surface area contributed by atoms with Gasteiger partial charge in [0.1, 0.15) is 0 Å². The van der Waals surface area contributed by atoms with E-state index in [-0.39, 0.29) is 5.78 Å². The van der Waals surface area contributed by atoms with E-state index in [0.717, 1.165) is 32.3 Å². The fourth-order valence-electron chi connectivity index (χ4n) is 2.07. The summed E-state index contributed by atoms with van der Waals surface area (Å²) in [7, 11) is 0. The van der Waals surface area contributed by atoms with Gasteiger partial charge in [0.15, 0.2) is 5.78 Å². The Balaban J connectivity index is 1.94. The number of rotatable bonds is 2. The van der Waals surface area contributed by atoms with Crippen molar-refractivity contribution in [1.82, 2.24) is 4.98 Å². The number of hydrogen-bond donors (Lipinski definition) is 1. The molecule has 90 valence electrons. The number of pyridine rings is 1. The Kier molecular flexibility index (Phi) is 3.03. The van der Waals surface area contributed by atoms with E-state index in [1.165, 1.54) is 0 Å². The van der Waals surface area contributed by atoms with E-state index in [1.807, 2.05) is 24.3 Å². The van der Waals surface area contributed by atoms with E-state index in [0.29, 0.717) is 6.42 Å². The van der Waals surface area contributed by atoms with Crippen LogP contribution in [0.5, 0.6) is 0 Å². The number of hydrogen-bond acceptors (Lipinski definition) is 3. The maximum Gasteiger partial charge on any atom is 0.171 e. The largest absolute Gasteiger partial charge is 0.358 e. The van der Waals surface area contributed by atoms with Crippen molar-refractivity contribution >= 4 is 45.0 Å². The lowest BCUT2D eigenvalue weighted by Gasteiger charge is -2.08. The predicted octanol–water partition coefficient (Wildman–Crippen LogP) is 3.66. The molecule has 1 heterocycles. The summed E-state index contributed by atoms with van der Waals surface area (Å²) < 4.78 is 0.832. The van der Waals surface area contributed by atoms with Crippen molar-refractivity contribution in [1.29, 1.82) is 0 Å². The van der Waals surface area contributed by atoms with Crippen LogP contribution in [-0.2, 0) is 4.79 Å². The average molecular weight is 350 g/mol. The second kappa shape index (κ2) is 4.68. The van der Waals surface area contributed by atoms with Gasteiger partial charge in [0.25, 0.3) is 0 Å². The van der Waals surface area contributed by atoms with Gasteiger partial charge in [-0.15, -0.1) is 0 Å². The first-order valence-electron chi connectivity index (χ1n) is 5.78. The summed E-state index contributed by atoms with van der Waals surface area (Å²) in [5.41, 5.74) is 3.02. The molecule has 0 radical (unpaired) electrons. The van der Waals surface area contributed by atoms with Crippen molar-refractivity contribution in [3.8, 4) is 0 Å². The van der Waals surface area contributed by atoms with Gasteiger partial charge < -0.3 is 5.32 Å². The smallest absolute Gasteiger partial charge is 0.171 e. The topological polar surface area (TPSA) is 42.0 Å². The molecule has 1 aliphatic rings. The van der Waals surface area contributed by atoms with Crippen molar-refractivity contribution in [2.75, 3.05) is 5.32 Å². The van der Waals surface area contributed by atoms with Crippen LogP contribution in [0.4, 0.5) is 5.69 Å². The number of allylic oxidation sites excluding steroid dienone is 2. The molecule has 1 N–H and O–H groups in total. The van der Waals surface area contributed by atoms with Crippen molar-refractivity contribution < 1.29 is 4.79 Å². The first kappa shape index (κ1) is 11.6. The molecule has 4 heteroatoms. The number of carbonyl (C=O) groups excluding carboxylic acids is 1. The molecule has 3 rings (SSSR count). The number of anilines is 1.